The van der Waals surface area contributed by atoms with Gasteiger partial charge in [-0.15, -0.1) is 11.3 Å². The van der Waals surface area contributed by atoms with Gasteiger partial charge >= 0.3 is 0 Å². The van der Waals surface area contributed by atoms with Gasteiger partial charge in [0.25, 0.3) is 5.56 Å². The van der Waals surface area contributed by atoms with Gasteiger partial charge in [-0.1, -0.05) is 42.5 Å². The molecule has 0 bridgehead atoms. The lowest BCUT2D eigenvalue weighted by Gasteiger charge is -2.20. The van der Waals surface area contributed by atoms with E-state index in [2.05, 4.69) is 5.32 Å². The number of nitrogens with zero attached hydrogens (tertiary/aromatic N) is 2. The third kappa shape index (κ3) is 3.89. The van der Waals surface area contributed by atoms with Crippen molar-refractivity contribution in [3.63, 3.8) is 0 Å². The van der Waals surface area contributed by atoms with Gasteiger partial charge in [0.2, 0.25) is 5.91 Å². The molecule has 1 N–H and O–H groups in total. The lowest BCUT2D eigenvalue weighted by molar-refractivity contribution is -0.118. The highest BCUT2D eigenvalue weighted by Gasteiger charge is 2.27. The maximum atomic E-state index is 13.9. The van der Waals surface area contributed by atoms with Crippen molar-refractivity contribution in [2.75, 3.05) is 5.32 Å². The predicted octanol–water partition coefficient (Wildman–Crippen LogP) is 5.82. The van der Waals surface area contributed by atoms with E-state index >= 15 is 0 Å². The van der Waals surface area contributed by atoms with Gasteiger partial charge in [0, 0.05) is 16.1 Å². The summed E-state index contributed by atoms with van der Waals surface area (Å²) in [6, 6.07) is 14.9. The van der Waals surface area contributed by atoms with Crippen LogP contribution >= 0.6 is 11.3 Å². The molecule has 5 nitrogen and oxygen atoms in total. The Hall–Kier alpha value is -3.25. The Kier molecular flexibility index (Phi) is 5.62. The van der Waals surface area contributed by atoms with Crippen molar-refractivity contribution < 1.29 is 4.79 Å². The number of thiophene rings is 1. The number of fused-ring (bicyclic) bond motifs is 3. The molecule has 1 amide bonds. The van der Waals surface area contributed by atoms with Crippen molar-refractivity contribution >= 4 is 33.1 Å². The number of aryl methyl sites for hydroxylation is 4. The van der Waals surface area contributed by atoms with Crippen molar-refractivity contribution in [2.45, 2.75) is 52.5 Å². The summed E-state index contributed by atoms with van der Waals surface area (Å²) in [6.45, 7) is 5.74. The maximum Gasteiger partial charge on any atom is 0.263 e. The Bertz CT molecular complexity index is 1420. The number of nitrogens with one attached hydrogen (secondary N) is 1. The first-order valence-electron chi connectivity index (χ1n) is 11.4. The quantitative estimate of drug-likeness (QED) is 0.420. The molecule has 0 fully saturated rings. The zero-order valence-corrected chi connectivity index (χ0v) is 20.0. The molecular weight excluding hydrogens is 430 g/mol. The van der Waals surface area contributed by atoms with Crippen molar-refractivity contribution in [3.8, 4) is 11.4 Å². The fourth-order valence-corrected chi connectivity index (χ4v) is 5.84. The second kappa shape index (κ2) is 8.60. The van der Waals surface area contributed by atoms with Crippen molar-refractivity contribution in [1.82, 2.24) is 9.55 Å². The maximum absolute atomic E-state index is 13.9. The van der Waals surface area contributed by atoms with Crippen LogP contribution in [0, 0.1) is 13.8 Å². The average molecular weight is 458 g/mol. The number of carbonyl (C=O) groups excluding carboxylic acids is 1. The summed E-state index contributed by atoms with van der Waals surface area (Å²) >= 11 is 1.63. The van der Waals surface area contributed by atoms with Crippen molar-refractivity contribution in [1.29, 1.82) is 0 Å². The van der Waals surface area contributed by atoms with E-state index < -0.39 is 6.04 Å². The van der Waals surface area contributed by atoms with Gasteiger partial charge in [0.15, 0.2) is 0 Å². The van der Waals surface area contributed by atoms with Gasteiger partial charge in [-0.25, -0.2) is 4.98 Å². The second-order valence-corrected chi connectivity index (χ2v) is 9.93. The average Bonchev–Trinajstić information content (AvgIpc) is 3.20. The first-order valence-corrected chi connectivity index (χ1v) is 12.3. The van der Waals surface area contributed by atoms with Crippen LogP contribution < -0.4 is 10.9 Å². The number of hydrogen-bond acceptors (Lipinski definition) is 4. The summed E-state index contributed by atoms with van der Waals surface area (Å²) < 4.78 is 1.58. The van der Waals surface area contributed by atoms with Crippen LogP contribution in [0.15, 0.2) is 53.3 Å². The number of anilines is 1. The molecule has 5 rings (SSSR count). The summed E-state index contributed by atoms with van der Waals surface area (Å²) in [5, 5.41) is 3.73. The number of carbonyl (C=O) groups is 1. The molecule has 6 heteroatoms. The molecule has 1 unspecified atom stereocenters. The molecule has 2 aromatic carbocycles. The molecule has 1 atom stereocenters. The molecule has 0 radical (unpaired) electrons. The Morgan fingerprint density at radius 2 is 1.85 bits per heavy atom. The standard InChI is InChI=1S/C27H27N3O2S/c1-16-13-14-17(2)21(15-16)28-25(31)18(3)30-24(19-9-5-4-6-10-19)29-26-23(27(30)32)20-11-7-8-12-22(20)33-26/h4-6,9-10,13-15,18H,7-8,11-12H2,1-3H3,(H,28,31). The molecule has 0 saturated heterocycles. The zero-order valence-electron chi connectivity index (χ0n) is 19.1. The predicted molar refractivity (Wildman–Crippen MR) is 135 cm³/mol. The summed E-state index contributed by atoms with van der Waals surface area (Å²) in [6.07, 6.45) is 4.13. The Labute approximate surface area is 197 Å². The first-order chi connectivity index (χ1) is 15.9. The molecule has 1 aliphatic carbocycles. The van der Waals surface area contributed by atoms with E-state index in [9.17, 15) is 9.59 Å². The minimum atomic E-state index is -0.719. The highest BCUT2D eigenvalue weighted by atomic mass is 32.1. The lowest BCUT2D eigenvalue weighted by atomic mass is 9.97. The molecule has 33 heavy (non-hydrogen) atoms. The van der Waals surface area contributed by atoms with Crippen LogP contribution in [0.3, 0.4) is 0 Å². The summed E-state index contributed by atoms with van der Waals surface area (Å²) in [7, 11) is 0. The van der Waals surface area contributed by atoms with Crippen molar-refractivity contribution in [3.05, 3.63) is 80.5 Å². The summed E-state index contributed by atoms with van der Waals surface area (Å²) in [5.41, 5.74) is 4.66. The Morgan fingerprint density at radius 1 is 1.09 bits per heavy atom. The molecular formula is C27H27N3O2S. The largest absolute Gasteiger partial charge is 0.324 e. The monoisotopic (exact) mass is 457 g/mol. The van der Waals surface area contributed by atoms with E-state index in [-0.39, 0.29) is 11.5 Å². The molecule has 4 aromatic rings. The minimum absolute atomic E-state index is 0.123. The van der Waals surface area contributed by atoms with E-state index in [1.165, 1.54) is 4.88 Å². The Balaban J connectivity index is 1.66. The van der Waals surface area contributed by atoms with Crippen LogP contribution in [-0.4, -0.2) is 15.5 Å². The van der Waals surface area contributed by atoms with E-state index in [1.807, 2.05) is 62.4 Å². The molecule has 0 saturated carbocycles. The van der Waals surface area contributed by atoms with E-state index in [0.29, 0.717) is 11.2 Å². The van der Waals surface area contributed by atoms with Gasteiger partial charge in [-0.05, 0) is 69.2 Å². The van der Waals surface area contributed by atoms with Crippen molar-refractivity contribution in [2.24, 2.45) is 0 Å². The van der Waals surface area contributed by atoms with E-state index in [4.69, 9.17) is 4.98 Å². The molecule has 0 spiro atoms. The number of amides is 1. The topological polar surface area (TPSA) is 64.0 Å². The zero-order chi connectivity index (χ0) is 23.1. The van der Waals surface area contributed by atoms with Gasteiger partial charge in [-0.3, -0.25) is 14.2 Å². The van der Waals surface area contributed by atoms with Gasteiger partial charge in [0.05, 0.1) is 5.39 Å². The summed E-state index contributed by atoms with van der Waals surface area (Å²) in [4.78, 5) is 34.3. The van der Waals surface area contributed by atoms with Gasteiger partial charge in [-0.2, -0.15) is 0 Å². The van der Waals surface area contributed by atoms with Crippen LogP contribution in [0.4, 0.5) is 5.69 Å². The molecule has 168 valence electrons. The number of rotatable bonds is 4. The minimum Gasteiger partial charge on any atom is -0.324 e. The fraction of sp³-hybridized carbons (Fsp3) is 0.296. The molecule has 1 aliphatic rings. The van der Waals surface area contributed by atoms with E-state index in [0.717, 1.165) is 58.5 Å². The lowest BCUT2D eigenvalue weighted by Crippen LogP contribution is -2.33. The second-order valence-electron chi connectivity index (χ2n) is 8.85. The molecule has 2 heterocycles. The van der Waals surface area contributed by atoms with E-state index in [1.54, 1.807) is 22.8 Å². The normalized spacial score (nSPS) is 14.2. The highest BCUT2D eigenvalue weighted by molar-refractivity contribution is 7.18. The molecule has 2 aromatic heterocycles. The van der Waals surface area contributed by atoms with Crippen LogP contribution in [0.25, 0.3) is 21.6 Å². The van der Waals surface area contributed by atoms with Crippen LogP contribution in [0.5, 0.6) is 0 Å². The first kappa shape index (κ1) is 21.6. The van der Waals surface area contributed by atoms with Gasteiger partial charge < -0.3 is 5.32 Å². The SMILES string of the molecule is Cc1ccc(C)c(NC(=O)C(C)n2c(-c3ccccc3)nc3sc4c(c3c2=O)CCCC4)c1. The van der Waals surface area contributed by atoms with Crippen LogP contribution in [0.2, 0.25) is 0 Å². The highest BCUT2D eigenvalue weighted by Crippen LogP contribution is 2.35. The van der Waals surface area contributed by atoms with Crippen LogP contribution in [-0.2, 0) is 17.6 Å². The summed E-state index contributed by atoms with van der Waals surface area (Å²) in [5.74, 6) is 0.309. The number of benzene rings is 2. The number of hydrogen-bond donors (Lipinski definition) is 1. The Morgan fingerprint density at radius 3 is 2.64 bits per heavy atom. The molecule has 0 aliphatic heterocycles. The van der Waals surface area contributed by atoms with Gasteiger partial charge in [0.1, 0.15) is 16.7 Å². The third-order valence-corrected chi connectivity index (χ3v) is 7.66. The fourth-order valence-electron chi connectivity index (χ4n) is 4.59. The smallest absolute Gasteiger partial charge is 0.263 e. The van der Waals surface area contributed by atoms with Crippen LogP contribution in [0.1, 0.15) is 47.4 Å². The third-order valence-electron chi connectivity index (χ3n) is 6.47. The number of aromatic nitrogens is 2.